The van der Waals surface area contributed by atoms with E-state index in [1.54, 1.807) is 4.68 Å². The van der Waals surface area contributed by atoms with Gasteiger partial charge in [-0.25, -0.2) is 4.68 Å². The van der Waals surface area contributed by atoms with Gasteiger partial charge in [0.05, 0.1) is 5.69 Å². The average Bonchev–Trinajstić information content (AvgIpc) is 2.52. The molecule has 1 heterocycles. The fourth-order valence-corrected chi connectivity index (χ4v) is 1.54. The summed E-state index contributed by atoms with van der Waals surface area (Å²) in [7, 11) is 0. The molecule has 0 bridgehead atoms. The van der Waals surface area contributed by atoms with Crippen LogP contribution in [0.15, 0.2) is 41.1 Å². The molecule has 0 saturated carbocycles. The Hall–Kier alpha value is -0.800. The quantitative estimate of drug-likeness (QED) is 0.766. The first-order valence-electron chi connectivity index (χ1n) is 3.73. The molecule has 66 valence electrons. The van der Waals surface area contributed by atoms with Gasteiger partial charge in [-0.15, -0.1) is 0 Å². The second-order valence-corrected chi connectivity index (χ2v) is 3.81. The van der Waals surface area contributed by atoms with E-state index < -0.39 is 0 Å². The first-order valence-corrected chi connectivity index (χ1v) is 4.90. The summed E-state index contributed by atoms with van der Waals surface area (Å²) >= 11 is 9.13. The van der Waals surface area contributed by atoms with Crippen LogP contribution in [0.1, 0.15) is 0 Å². The number of nitrogens with zero attached hydrogens (tertiary/aromatic N) is 2. The number of halogens is 2. The summed E-state index contributed by atoms with van der Waals surface area (Å²) < 4.78 is 2.57. The first-order chi connectivity index (χ1) is 6.25. The smallest absolute Gasteiger partial charge is 0.128 e. The third-order valence-electron chi connectivity index (χ3n) is 1.63. The van der Waals surface area contributed by atoms with Gasteiger partial charge in [0, 0.05) is 11.2 Å². The molecule has 4 heteroatoms. The fraction of sp³-hybridized carbons (Fsp3) is 0. The lowest BCUT2D eigenvalue weighted by Crippen LogP contribution is -1.93. The van der Waals surface area contributed by atoms with Gasteiger partial charge in [0.2, 0.25) is 0 Å². The second kappa shape index (κ2) is 3.52. The highest BCUT2D eigenvalue weighted by molar-refractivity contribution is 9.10. The van der Waals surface area contributed by atoms with E-state index in [0.29, 0.717) is 5.02 Å². The molecule has 0 radical (unpaired) electrons. The van der Waals surface area contributed by atoms with E-state index in [9.17, 15) is 0 Å². The van der Waals surface area contributed by atoms with Gasteiger partial charge in [0.15, 0.2) is 0 Å². The lowest BCUT2D eigenvalue weighted by atomic mass is 10.3. The molecule has 0 N–H and O–H groups in total. The van der Waals surface area contributed by atoms with Crippen LogP contribution in [0.4, 0.5) is 0 Å². The van der Waals surface area contributed by atoms with Crippen LogP contribution in [0, 0.1) is 0 Å². The number of hydrogen-bond donors (Lipinski definition) is 0. The number of hydrogen-bond acceptors (Lipinski definition) is 1. The molecule has 0 fully saturated rings. The van der Waals surface area contributed by atoms with Gasteiger partial charge in [0.1, 0.15) is 4.60 Å². The predicted octanol–water partition coefficient (Wildman–Crippen LogP) is 3.29. The minimum Gasteiger partial charge on any atom is -0.240 e. The van der Waals surface area contributed by atoms with Crippen molar-refractivity contribution in [3.63, 3.8) is 0 Å². The SMILES string of the molecule is Clc1cccc(-n2ccc(Br)n2)c1. The summed E-state index contributed by atoms with van der Waals surface area (Å²) in [6, 6.07) is 9.42. The monoisotopic (exact) mass is 256 g/mol. The van der Waals surface area contributed by atoms with Crippen molar-refractivity contribution in [3.05, 3.63) is 46.2 Å². The third kappa shape index (κ3) is 1.92. The maximum absolute atomic E-state index is 5.85. The maximum Gasteiger partial charge on any atom is 0.128 e. The van der Waals surface area contributed by atoms with E-state index >= 15 is 0 Å². The normalized spacial score (nSPS) is 10.3. The van der Waals surface area contributed by atoms with Crippen LogP contribution in [-0.4, -0.2) is 9.78 Å². The fourth-order valence-electron chi connectivity index (χ4n) is 1.06. The summed E-state index contributed by atoms with van der Waals surface area (Å²) in [4.78, 5) is 0. The van der Waals surface area contributed by atoms with Crippen molar-refractivity contribution in [1.29, 1.82) is 0 Å². The molecular weight excluding hydrogens is 251 g/mol. The van der Waals surface area contributed by atoms with Gasteiger partial charge in [-0.2, -0.15) is 5.10 Å². The first kappa shape index (κ1) is 8.78. The molecule has 0 aliphatic carbocycles. The van der Waals surface area contributed by atoms with Crippen molar-refractivity contribution < 1.29 is 0 Å². The summed E-state index contributed by atoms with van der Waals surface area (Å²) in [5.41, 5.74) is 0.957. The lowest BCUT2D eigenvalue weighted by molar-refractivity contribution is 0.870. The molecular formula is C9H6BrClN2. The Kier molecular flexibility index (Phi) is 2.38. The minimum atomic E-state index is 0.712. The Labute approximate surface area is 89.3 Å². The topological polar surface area (TPSA) is 17.8 Å². The zero-order chi connectivity index (χ0) is 9.26. The molecule has 0 saturated heterocycles. The van der Waals surface area contributed by atoms with Gasteiger partial charge in [-0.05, 0) is 40.2 Å². The summed E-state index contributed by atoms with van der Waals surface area (Å²) in [6.45, 7) is 0. The minimum absolute atomic E-state index is 0.712. The molecule has 2 rings (SSSR count). The second-order valence-electron chi connectivity index (χ2n) is 2.56. The Balaban J connectivity index is 2.46. The number of aromatic nitrogens is 2. The van der Waals surface area contributed by atoms with E-state index in [1.807, 2.05) is 36.5 Å². The van der Waals surface area contributed by atoms with Crippen LogP contribution in [0.3, 0.4) is 0 Å². The molecule has 0 unspecified atom stereocenters. The van der Waals surface area contributed by atoms with E-state index in [4.69, 9.17) is 11.6 Å². The Bertz CT molecular complexity index is 425. The lowest BCUT2D eigenvalue weighted by Gasteiger charge is -2.00. The molecule has 0 aliphatic heterocycles. The van der Waals surface area contributed by atoms with Gasteiger partial charge >= 0.3 is 0 Å². The average molecular weight is 258 g/mol. The zero-order valence-corrected chi connectivity index (χ0v) is 8.96. The highest BCUT2D eigenvalue weighted by Crippen LogP contribution is 2.15. The Morgan fingerprint density at radius 1 is 1.31 bits per heavy atom. The molecule has 0 atom stereocenters. The molecule has 2 aromatic rings. The molecule has 13 heavy (non-hydrogen) atoms. The van der Waals surface area contributed by atoms with Crippen molar-refractivity contribution in [3.8, 4) is 5.69 Å². The van der Waals surface area contributed by atoms with Crippen LogP contribution in [0.2, 0.25) is 5.02 Å². The van der Waals surface area contributed by atoms with Gasteiger partial charge in [-0.3, -0.25) is 0 Å². The highest BCUT2D eigenvalue weighted by atomic mass is 79.9. The Morgan fingerprint density at radius 3 is 2.77 bits per heavy atom. The summed E-state index contributed by atoms with van der Waals surface area (Å²) in [5.74, 6) is 0. The van der Waals surface area contributed by atoms with Crippen LogP contribution >= 0.6 is 27.5 Å². The predicted molar refractivity (Wildman–Crippen MR) is 56.3 cm³/mol. The van der Waals surface area contributed by atoms with Crippen molar-refractivity contribution in [1.82, 2.24) is 9.78 Å². The van der Waals surface area contributed by atoms with E-state index in [-0.39, 0.29) is 0 Å². The summed E-state index contributed by atoms with van der Waals surface area (Å²) in [5, 5.41) is 4.91. The van der Waals surface area contributed by atoms with Gasteiger partial charge in [0.25, 0.3) is 0 Å². The van der Waals surface area contributed by atoms with Crippen LogP contribution < -0.4 is 0 Å². The molecule has 0 spiro atoms. The molecule has 1 aromatic carbocycles. The number of rotatable bonds is 1. The molecule has 2 nitrogen and oxygen atoms in total. The molecule has 0 aliphatic rings. The summed E-state index contributed by atoms with van der Waals surface area (Å²) in [6.07, 6.45) is 1.87. The Morgan fingerprint density at radius 2 is 2.15 bits per heavy atom. The van der Waals surface area contributed by atoms with E-state index in [0.717, 1.165) is 10.3 Å². The van der Waals surface area contributed by atoms with Gasteiger partial charge in [-0.1, -0.05) is 17.7 Å². The maximum atomic E-state index is 5.85. The molecule has 1 aromatic heterocycles. The van der Waals surface area contributed by atoms with Crippen molar-refractivity contribution >= 4 is 27.5 Å². The van der Waals surface area contributed by atoms with Crippen LogP contribution in [0.5, 0.6) is 0 Å². The van der Waals surface area contributed by atoms with Crippen molar-refractivity contribution in [2.24, 2.45) is 0 Å². The standard InChI is InChI=1S/C9H6BrClN2/c10-9-4-5-13(12-9)8-3-1-2-7(11)6-8/h1-6H. The van der Waals surface area contributed by atoms with E-state index in [2.05, 4.69) is 21.0 Å². The molecule has 0 amide bonds. The van der Waals surface area contributed by atoms with E-state index in [1.165, 1.54) is 0 Å². The third-order valence-corrected chi connectivity index (χ3v) is 2.29. The van der Waals surface area contributed by atoms with Crippen LogP contribution in [-0.2, 0) is 0 Å². The van der Waals surface area contributed by atoms with Gasteiger partial charge < -0.3 is 0 Å². The van der Waals surface area contributed by atoms with Crippen LogP contribution in [0.25, 0.3) is 5.69 Å². The highest BCUT2D eigenvalue weighted by Gasteiger charge is 1.98. The number of benzene rings is 1. The largest absolute Gasteiger partial charge is 0.240 e. The van der Waals surface area contributed by atoms with Crippen molar-refractivity contribution in [2.45, 2.75) is 0 Å². The van der Waals surface area contributed by atoms with Crippen molar-refractivity contribution in [2.75, 3.05) is 0 Å². The zero-order valence-electron chi connectivity index (χ0n) is 6.61.